The Bertz CT molecular complexity index is 1020. The van der Waals surface area contributed by atoms with Crippen molar-refractivity contribution < 1.29 is 18.0 Å². The monoisotopic (exact) mass is 459 g/mol. The second-order valence-electron chi connectivity index (χ2n) is 8.38. The number of anilines is 1. The van der Waals surface area contributed by atoms with Crippen LogP contribution in [0.25, 0.3) is 0 Å². The number of carbonyl (C=O) groups is 2. The number of benzene rings is 2. The Morgan fingerprint density at radius 2 is 1.56 bits per heavy atom. The van der Waals surface area contributed by atoms with Gasteiger partial charge in [0.05, 0.1) is 11.9 Å². The summed E-state index contributed by atoms with van der Waals surface area (Å²) in [7, 11) is -3.72. The molecular formula is C24H33N3O4S. The summed E-state index contributed by atoms with van der Waals surface area (Å²) in [6, 6.07) is 15.6. The van der Waals surface area contributed by atoms with E-state index < -0.39 is 28.5 Å². The van der Waals surface area contributed by atoms with E-state index in [9.17, 15) is 18.0 Å². The van der Waals surface area contributed by atoms with E-state index in [1.165, 1.54) is 4.90 Å². The van der Waals surface area contributed by atoms with E-state index in [0.717, 1.165) is 21.7 Å². The van der Waals surface area contributed by atoms with Gasteiger partial charge in [-0.15, -0.1) is 0 Å². The zero-order valence-corrected chi connectivity index (χ0v) is 20.2. The molecule has 7 nitrogen and oxygen atoms in total. The number of rotatable bonds is 10. The van der Waals surface area contributed by atoms with Crippen LogP contribution in [0.4, 0.5) is 5.69 Å². The largest absolute Gasteiger partial charge is 0.354 e. The highest BCUT2D eigenvalue weighted by molar-refractivity contribution is 7.92. The maximum Gasteiger partial charge on any atom is 0.244 e. The lowest BCUT2D eigenvalue weighted by molar-refractivity contribution is -0.139. The maximum absolute atomic E-state index is 13.4. The fourth-order valence-corrected chi connectivity index (χ4v) is 4.16. The van der Waals surface area contributed by atoms with Crippen molar-refractivity contribution >= 4 is 27.5 Å². The minimum Gasteiger partial charge on any atom is -0.354 e. The van der Waals surface area contributed by atoms with Crippen LogP contribution in [0.3, 0.4) is 0 Å². The Balaban J connectivity index is 2.35. The van der Waals surface area contributed by atoms with Crippen molar-refractivity contribution in [3.63, 3.8) is 0 Å². The van der Waals surface area contributed by atoms with Gasteiger partial charge < -0.3 is 10.2 Å². The lowest BCUT2D eigenvalue weighted by Gasteiger charge is -2.32. The van der Waals surface area contributed by atoms with Crippen LogP contribution < -0.4 is 9.62 Å². The zero-order chi connectivity index (χ0) is 23.9. The van der Waals surface area contributed by atoms with Gasteiger partial charge >= 0.3 is 0 Å². The summed E-state index contributed by atoms with van der Waals surface area (Å²) >= 11 is 0. The summed E-state index contributed by atoms with van der Waals surface area (Å²) in [5.74, 6) is -0.453. The van der Waals surface area contributed by atoms with Gasteiger partial charge in [-0.2, -0.15) is 0 Å². The van der Waals surface area contributed by atoms with Gasteiger partial charge in [-0.3, -0.25) is 13.9 Å². The summed E-state index contributed by atoms with van der Waals surface area (Å²) in [5, 5.41) is 2.86. The molecule has 0 radical (unpaired) electrons. The molecule has 8 heteroatoms. The second kappa shape index (κ2) is 11.1. The summed E-state index contributed by atoms with van der Waals surface area (Å²) in [6.07, 6.45) is 1.08. The minimum atomic E-state index is -3.72. The average molecular weight is 460 g/mol. The third kappa shape index (κ3) is 7.09. The summed E-state index contributed by atoms with van der Waals surface area (Å²) in [6.45, 7) is 7.74. The first-order chi connectivity index (χ1) is 15.0. The van der Waals surface area contributed by atoms with E-state index in [2.05, 4.69) is 5.32 Å². The SMILES string of the molecule is Cc1ccccc1N(CC(=O)N(Cc1ccccc1)C(C)C(=O)NCC(C)C)S(C)(=O)=O. The number of nitrogens with zero attached hydrogens (tertiary/aromatic N) is 2. The molecule has 0 aliphatic carbocycles. The Labute approximate surface area is 191 Å². The Hall–Kier alpha value is -2.87. The topological polar surface area (TPSA) is 86.8 Å². The molecule has 0 bridgehead atoms. The fourth-order valence-electron chi connectivity index (χ4n) is 3.25. The van der Waals surface area contributed by atoms with Gasteiger partial charge in [-0.25, -0.2) is 8.42 Å². The quantitative estimate of drug-likeness (QED) is 0.592. The third-order valence-electron chi connectivity index (χ3n) is 5.11. The van der Waals surface area contributed by atoms with Crippen LogP contribution in [0.5, 0.6) is 0 Å². The van der Waals surface area contributed by atoms with Gasteiger partial charge in [-0.05, 0) is 37.0 Å². The number of sulfonamides is 1. The predicted molar refractivity (Wildman–Crippen MR) is 128 cm³/mol. The van der Waals surface area contributed by atoms with Gasteiger partial charge in [-0.1, -0.05) is 62.4 Å². The molecule has 0 aliphatic rings. The molecule has 32 heavy (non-hydrogen) atoms. The Morgan fingerprint density at radius 3 is 2.12 bits per heavy atom. The normalized spacial score (nSPS) is 12.3. The number of aryl methyl sites for hydroxylation is 1. The smallest absolute Gasteiger partial charge is 0.244 e. The van der Waals surface area contributed by atoms with Crippen LogP contribution in [0.2, 0.25) is 0 Å². The van der Waals surface area contributed by atoms with Gasteiger partial charge in [0.15, 0.2) is 0 Å². The molecule has 0 heterocycles. The Morgan fingerprint density at radius 1 is 0.969 bits per heavy atom. The van der Waals surface area contributed by atoms with Crippen molar-refractivity contribution in [1.82, 2.24) is 10.2 Å². The first-order valence-electron chi connectivity index (χ1n) is 10.6. The van der Waals surface area contributed by atoms with Crippen molar-refractivity contribution in [3.8, 4) is 0 Å². The van der Waals surface area contributed by atoms with Gasteiger partial charge in [0.1, 0.15) is 12.6 Å². The molecule has 1 N–H and O–H groups in total. The molecule has 0 aromatic heterocycles. The zero-order valence-electron chi connectivity index (χ0n) is 19.4. The molecule has 0 saturated carbocycles. The summed E-state index contributed by atoms with van der Waals surface area (Å²) in [5.41, 5.74) is 2.04. The van der Waals surface area contributed by atoms with Crippen LogP contribution in [0.15, 0.2) is 54.6 Å². The van der Waals surface area contributed by atoms with Crippen LogP contribution in [-0.2, 0) is 26.2 Å². The number of para-hydroxylation sites is 1. The molecule has 0 aliphatic heterocycles. The number of carbonyl (C=O) groups excluding carboxylic acids is 2. The third-order valence-corrected chi connectivity index (χ3v) is 6.24. The van der Waals surface area contributed by atoms with Crippen LogP contribution >= 0.6 is 0 Å². The van der Waals surface area contributed by atoms with E-state index >= 15 is 0 Å². The molecule has 1 unspecified atom stereocenters. The van der Waals surface area contributed by atoms with E-state index in [1.54, 1.807) is 32.0 Å². The first kappa shape index (κ1) is 25.4. The number of hydrogen-bond donors (Lipinski definition) is 1. The van der Waals surface area contributed by atoms with E-state index in [1.807, 2.05) is 50.2 Å². The van der Waals surface area contributed by atoms with E-state index in [4.69, 9.17) is 0 Å². The van der Waals surface area contributed by atoms with Gasteiger partial charge in [0.25, 0.3) is 0 Å². The van der Waals surface area contributed by atoms with E-state index in [0.29, 0.717) is 12.2 Å². The van der Waals surface area contributed by atoms with Crippen molar-refractivity contribution in [2.24, 2.45) is 5.92 Å². The molecule has 1 atom stereocenters. The van der Waals surface area contributed by atoms with Crippen molar-refractivity contribution in [1.29, 1.82) is 0 Å². The van der Waals surface area contributed by atoms with Crippen molar-refractivity contribution in [3.05, 3.63) is 65.7 Å². The van der Waals surface area contributed by atoms with Gasteiger partial charge in [0, 0.05) is 13.1 Å². The highest BCUT2D eigenvalue weighted by atomic mass is 32.2. The molecule has 0 spiro atoms. The maximum atomic E-state index is 13.4. The first-order valence-corrected chi connectivity index (χ1v) is 12.5. The summed E-state index contributed by atoms with van der Waals surface area (Å²) in [4.78, 5) is 27.6. The average Bonchev–Trinajstić information content (AvgIpc) is 2.74. The molecule has 0 fully saturated rings. The summed E-state index contributed by atoms with van der Waals surface area (Å²) < 4.78 is 26.2. The van der Waals surface area contributed by atoms with Crippen LogP contribution in [0, 0.1) is 12.8 Å². The minimum absolute atomic E-state index is 0.196. The molecule has 0 saturated heterocycles. The Kier molecular flexibility index (Phi) is 8.83. The van der Waals surface area contributed by atoms with Crippen molar-refractivity contribution in [2.75, 3.05) is 23.7 Å². The van der Waals surface area contributed by atoms with Crippen LogP contribution in [-0.4, -0.2) is 50.5 Å². The fraction of sp³-hybridized carbons (Fsp3) is 0.417. The molecule has 2 amide bonds. The van der Waals surface area contributed by atoms with Gasteiger partial charge in [0.2, 0.25) is 21.8 Å². The number of amides is 2. The molecule has 2 aromatic carbocycles. The highest BCUT2D eigenvalue weighted by Gasteiger charge is 2.30. The standard InChI is InChI=1S/C24H33N3O4S/c1-18(2)15-25-24(29)20(4)26(16-21-12-7-6-8-13-21)23(28)17-27(32(5,30)31)22-14-10-9-11-19(22)3/h6-14,18,20H,15-17H2,1-5H3,(H,25,29). The predicted octanol–water partition coefficient (Wildman–Crippen LogP) is 2.95. The molecule has 174 valence electrons. The lowest BCUT2D eigenvalue weighted by atomic mass is 10.1. The number of nitrogens with one attached hydrogen (secondary N) is 1. The molecular weight excluding hydrogens is 426 g/mol. The van der Waals surface area contributed by atoms with Crippen LogP contribution in [0.1, 0.15) is 31.9 Å². The highest BCUT2D eigenvalue weighted by Crippen LogP contribution is 2.22. The molecule has 2 rings (SSSR count). The molecule has 2 aromatic rings. The van der Waals surface area contributed by atoms with E-state index in [-0.39, 0.29) is 18.4 Å². The number of hydrogen-bond acceptors (Lipinski definition) is 4. The lowest BCUT2D eigenvalue weighted by Crippen LogP contribution is -2.51. The van der Waals surface area contributed by atoms with Crippen molar-refractivity contribution in [2.45, 2.75) is 40.3 Å². The second-order valence-corrected chi connectivity index (χ2v) is 10.3.